The van der Waals surface area contributed by atoms with Gasteiger partial charge in [-0.15, -0.1) is 0 Å². The molecule has 6 aromatic rings. The van der Waals surface area contributed by atoms with Gasteiger partial charge in [0.15, 0.2) is 0 Å². The second-order valence-electron chi connectivity index (χ2n) is 8.83. The van der Waals surface area contributed by atoms with Crippen LogP contribution in [0.2, 0.25) is 0 Å². The normalized spacial score (nSPS) is 11.4. The molecule has 0 N–H and O–H groups in total. The molecule has 0 fully saturated rings. The van der Waals surface area contributed by atoms with Gasteiger partial charge in [-0.25, -0.2) is 8.78 Å². The van der Waals surface area contributed by atoms with Gasteiger partial charge in [0.25, 0.3) is 0 Å². The van der Waals surface area contributed by atoms with E-state index in [-0.39, 0.29) is 10.8 Å². The Morgan fingerprint density at radius 1 is 0.541 bits per heavy atom. The first kappa shape index (κ1) is 22.6. The smallest absolute Gasteiger partial charge is 0.133 e. The Balaban J connectivity index is 1.40. The minimum atomic E-state index is -0.481. The van der Waals surface area contributed by atoms with Gasteiger partial charge in [0.1, 0.15) is 11.6 Å². The van der Waals surface area contributed by atoms with E-state index in [0.717, 1.165) is 27.8 Å². The predicted molar refractivity (Wildman–Crippen MR) is 149 cm³/mol. The third-order valence-corrected chi connectivity index (χ3v) is 6.34. The van der Waals surface area contributed by atoms with Gasteiger partial charge in [0.05, 0.1) is 5.52 Å². The van der Waals surface area contributed by atoms with Crippen molar-refractivity contribution in [2.45, 2.75) is 0 Å². The zero-order valence-corrected chi connectivity index (χ0v) is 19.9. The van der Waals surface area contributed by atoms with Crippen LogP contribution >= 0.6 is 0 Å². The molecule has 0 aliphatic rings. The molecule has 0 saturated carbocycles. The van der Waals surface area contributed by atoms with Crippen LogP contribution in [0.5, 0.6) is 0 Å². The summed E-state index contributed by atoms with van der Waals surface area (Å²) in [5, 5.41) is 1.49. The molecular formula is C33H22F2N2. The Labute approximate surface area is 213 Å². The molecule has 0 spiro atoms. The summed E-state index contributed by atoms with van der Waals surface area (Å²) in [5.41, 5.74) is 4.64. The van der Waals surface area contributed by atoms with E-state index >= 15 is 8.78 Å². The van der Waals surface area contributed by atoms with Crippen LogP contribution in [0.3, 0.4) is 0 Å². The zero-order valence-electron chi connectivity index (χ0n) is 19.9. The molecule has 6 rings (SSSR count). The SMILES string of the molecule is Fc1cc(N(c2ccccc2)c2ccccc2)cc2c(F)cc(/C=C/c3cnc4ccccc4c3)cc12. The van der Waals surface area contributed by atoms with Crippen molar-refractivity contribution in [2.75, 3.05) is 4.90 Å². The number of anilines is 3. The molecule has 5 aromatic carbocycles. The van der Waals surface area contributed by atoms with Crippen molar-refractivity contribution in [3.05, 3.63) is 144 Å². The van der Waals surface area contributed by atoms with Crippen molar-refractivity contribution in [3.8, 4) is 0 Å². The highest BCUT2D eigenvalue weighted by Crippen LogP contribution is 2.37. The van der Waals surface area contributed by atoms with Crippen molar-refractivity contribution in [1.82, 2.24) is 4.98 Å². The topological polar surface area (TPSA) is 16.1 Å². The second kappa shape index (κ2) is 9.67. The molecule has 4 heteroatoms. The number of nitrogens with zero attached hydrogens (tertiary/aromatic N) is 2. The lowest BCUT2D eigenvalue weighted by atomic mass is 10.0. The second-order valence-corrected chi connectivity index (χ2v) is 8.83. The highest BCUT2D eigenvalue weighted by molar-refractivity contribution is 5.92. The maximum atomic E-state index is 15.5. The van der Waals surface area contributed by atoms with E-state index in [0.29, 0.717) is 11.3 Å². The number of para-hydroxylation sites is 3. The molecule has 0 unspecified atom stereocenters. The van der Waals surface area contributed by atoms with Crippen LogP contribution in [0.25, 0.3) is 33.8 Å². The summed E-state index contributed by atoms with van der Waals surface area (Å²) in [4.78, 5) is 6.38. The van der Waals surface area contributed by atoms with Crippen molar-refractivity contribution in [1.29, 1.82) is 0 Å². The number of hydrogen-bond acceptors (Lipinski definition) is 2. The fourth-order valence-corrected chi connectivity index (χ4v) is 4.58. The third kappa shape index (κ3) is 4.57. The summed E-state index contributed by atoms with van der Waals surface area (Å²) < 4.78 is 30.9. The molecular weight excluding hydrogens is 462 g/mol. The summed E-state index contributed by atoms with van der Waals surface area (Å²) in [6.07, 6.45) is 5.41. The highest BCUT2D eigenvalue weighted by Gasteiger charge is 2.16. The average Bonchev–Trinajstić information content (AvgIpc) is 2.94. The van der Waals surface area contributed by atoms with Gasteiger partial charge in [0, 0.05) is 39.4 Å². The Morgan fingerprint density at radius 2 is 1.14 bits per heavy atom. The van der Waals surface area contributed by atoms with Gasteiger partial charge in [-0.3, -0.25) is 4.98 Å². The molecule has 0 atom stereocenters. The molecule has 37 heavy (non-hydrogen) atoms. The Bertz CT molecular complexity index is 1710. The predicted octanol–water partition coefficient (Wildman–Crippen LogP) is 9.31. The van der Waals surface area contributed by atoms with E-state index in [9.17, 15) is 0 Å². The number of pyridine rings is 1. The van der Waals surface area contributed by atoms with Crippen LogP contribution in [0.4, 0.5) is 25.8 Å². The lowest BCUT2D eigenvalue weighted by molar-refractivity contribution is 0.628. The van der Waals surface area contributed by atoms with Gasteiger partial charge in [0.2, 0.25) is 0 Å². The molecule has 0 amide bonds. The molecule has 2 nitrogen and oxygen atoms in total. The van der Waals surface area contributed by atoms with Gasteiger partial charge < -0.3 is 4.90 Å². The molecule has 0 saturated heterocycles. The Morgan fingerprint density at radius 3 is 1.86 bits per heavy atom. The third-order valence-electron chi connectivity index (χ3n) is 6.34. The van der Waals surface area contributed by atoms with E-state index in [2.05, 4.69) is 4.98 Å². The molecule has 0 aliphatic carbocycles. The standard InChI is InChI=1S/C33H22F2N2/c34-31-19-23(15-16-24-17-25-9-7-8-14-33(25)36-22-24)18-29-30(31)20-28(21-32(29)35)37(26-10-3-1-4-11-26)27-12-5-2-6-13-27/h1-22H/b16-15+. The van der Waals surface area contributed by atoms with Crippen LogP contribution in [-0.2, 0) is 0 Å². The maximum Gasteiger partial charge on any atom is 0.133 e. The number of aromatic nitrogens is 1. The molecule has 0 radical (unpaired) electrons. The zero-order chi connectivity index (χ0) is 25.2. The van der Waals surface area contributed by atoms with Gasteiger partial charge in [-0.05, 0) is 71.8 Å². The molecule has 178 valence electrons. The Hall–Kier alpha value is -4.83. The Kier molecular flexibility index (Phi) is 5.91. The van der Waals surface area contributed by atoms with Gasteiger partial charge >= 0.3 is 0 Å². The molecule has 1 heterocycles. The van der Waals surface area contributed by atoms with E-state index in [1.807, 2.05) is 102 Å². The average molecular weight is 485 g/mol. The van der Waals surface area contributed by atoms with Crippen LogP contribution < -0.4 is 4.90 Å². The van der Waals surface area contributed by atoms with Crippen molar-refractivity contribution < 1.29 is 8.78 Å². The van der Waals surface area contributed by atoms with E-state index in [1.165, 1.54) is 12.1 Å². The van der Waals surface area contributed by atoms with Crippen LogP contribution in [-0.4, -0.2) is 4.98 Å². The summed E-state index contributed by atoms with van der Waals surface area (Å²) in [6.45, 7) is 0. The van der Waals surface area contributed by atoms with Crippen LogP contribution in [0.15, 0.2) is 121 Å². The van der Waals surface area contributed by atoms with Crippen molar-refractivity contribution >= 4 is 50.9 Å². The number of halogens is 2. The van der Waals surface area contributed by atoms with Gasteiger partial charge in [-0.2, -0.15) is 0 Å². The first-order chi connectivity index (χ1) is 18.2. The van der Waals surface area contributed by atoms with Gasteiger partial charge in [-0.1, -0.05) is 66.7 Å². The minimum absolute atomic E-state index is 0.233. The van der Waals surface area contributed by atoms with E-state index in [4.69, 9.17) is 0 Å². The number of fused-ring (bicyclic) bond motifs is 2. The fraction of sp³-hybridized carbons (Fsp3) is 0. The first-order valence-corrected chi connectivity index (χ1v) is 12.0. The number of rotatable bonds is 5. The summed E-state index contributed by atoms with van der Waals surface area (Å²) in [7, 11) is 0. The maximum absolute atomic E-state index is 15.5. The largest absolute Gasteiger partial charge is 0.310 e. The lowest BCUT2D eigenvalue weighted by Gasteiger charge is -2.26. The summed E-state index contributed by atoms with van der Waals surface area (Å²) in [5.74, 6) is -0.957. The molecule has 1 aromatic heterocycles. The quantitative estimate of drug-likeness (QED) is 0.242. The molecule has 0 aliphatic heterocycles. The van der Waals surface area contributed by atoms with E-state index in [1.54, 1.807) is 24.4 Å². The number of hydrogen-bond donors (Lipinski definition) is 0. The highest BCUT2D eigenvalue weighted by atomic mass is 19.1. The van der Waals surface area contributed by atoms with Crippen molar-refractivity contribution in [2.24, 2.45) is 0 Å². The number of benzene rings is 5. The van der Waals surface area contributed by atoms with Crippen molar-refractivity contribution in [3.63, 3.8) is 0 Å². The van der Waals surface area contributed by atoms with E-state index < -0.39 is 11.6 Å². The monoisotopic (exact) mass is 484 g/mol. The first-order valence-electron chi connectivity index (χ1n) is 12.0. The summed E-state index contributed by atoms with van der Waals surface area (Å²) in [6, 6.07) is 35.5. The minimum Gasteiger partial charge on any atom is -0.310 e. The summed E-state index contributed by atoms with van der Waals surface area (Å²) >= 11 is 0. The van der Waals surface area contributed by atoms with Crippen LogP contribution in [0.1, 0.15) is 11.1 Å². The van der Waals surface area contributed by atoms with Crippen LogP contribution in [0, 0.1) is 11.6 Å². The fourth-order valence-electron chi connectivity index (χ4n) is 4.58. The molecule has 0 bridgehead atoms. The lowest BCUT2D eigenvalue weighted by Crippen LogP contribution is -2.10.